The average molecular weight is 298 g/mol. The van der Waals surface area contributed by atoms with Crippen LogP contribution in [0.4, 0.5) is 4.79 Å². The fourth-order valence-corrected chi connectivity index (χ4v) is 3.16. The molecule has 0 spiro atoms. The van der Waals surface area contributed by atoms with Gasteiger partial charge in [-0.3, -0.25) is 0 Å². The van der Waals surface area contributed by atoms with Gasteiger partial charge in [-0.1, -0.05) is 6.42 Å². The van der Waals surface area contributed by atoms with Crippen LogP contribution in [-0.2, 0) is 4.74 Å². The first kappa shape index (κ1) is 16.6. The highest BCUT2D eigenvalue weighted by Gasteiger charge is 2.32. The zero-order chi connectivity index (χ0) is 15.5. The summed E-state index contributed by atoms with van der Waals surface area (Å²) in [6.45, 7) is 6.60. The van der Waals surface area contributed by atoms with Gasteiger partial charge in [0, 0.05) is 12.1 Å². The summed E-state index contributed by atoms with van der Waals surface area (Å²) in [7, 11) is 0. The normalized spacial score (nSPS) is 33.1. The molecule has 0 radical (unpaired) electrons. The molecule has 2 aliphatic carbocycles. The van der Waals surface area contributed by atoms with Crippen LogP contribution in [0.15, 0.2) is 0 Å². The molecule has 5 nitrogen and oxygen atoms in total. The molecule has 2 saturated carbocycles. The lowest BCUT2D eigenvalue weighted by atomic mass is 9.84. The van der Waals surface area contributed by atoms with Crippen molar-refractivity contribution in [3.63, 3.8) is 0 Å². The Hall–Kier alpha value is -0.810. The third-order valence-electron chi connectivity index (χ3n) is 4.31. The fourth-order valence-electron chi connectivity index (χ4n) is 3.16. The lowest BCUT2D eigenvalue weighted by Crippen LogP contribution is -2.54. The fraction of sp³-hybridized carbons (Fsp3) is 0.938. The number of hydrogen-bond acceptors (Lipinski definition) is 4. The summed E-state index contributed by atoms with van der Waals surface area (Å²) in [6.07, 6.45) is 5.76. The van der Waals surface area contributed by atoms with E-state index < -0.39 is 5.60 Å². The Labute approximate surface area is 127 Å². The molecule has 5 heteroatoms. The van der Waals surface area contributed by atoms with Crippen LogP contribution in [0.5, 0.6) is 0 Å². The van der Waals surface area contributed by atoms with Gasteiger partial charge in [0.1, 0.15) is 5.60 Å². The molecule has 2 atom stereocenters. The van der Waals surface area contributed by atoms with Crippen LogP contribution in [0.25, 0.3) is 0 Å². The third kappa shape index (κ3) is 5.83. The molecule has 3 N–H and O–H groups in total. The summed E-state index contributed by atoms with van der Waals surface area (Å²) in [4.78, 5) is 11.6. The molecule has 2 aliphatic rings. The van der Waals surface area contributed by atoms with E-state index in [-0.39, 0.29) is 18.2 Å². The van der Waals surface area contributed by atoms with Crippen molar-refractivity contribution in [3.8, 4) is 0 Å². The van der Waals surface area contributed by atoms with Crippen molar-refractivity contribution in [2.45, 2.75) is 83.1 Å². The summed E-state index contributed by atoms with van der Waals surface area (Å²) in [5, 5.41) is 16.1. The van der Waals surface area contributed by atoms with Crippen LogP contribution >= 0.6 is 0 Å². The molecule has 2 unspecified atom stereocenters. The molecule has 2 fully saturated rings. The summed E-state index contributed by atoms with van der Waals surface area (Å²) in [5.41, 5.74) is -0.437. The van der Waals surface area contributed by atoms with Gasteiger partial charge < -0.3 is 20.5 Å². The van der Waals surface area contributed by atoms with Gasteiger partial charge in [0.05, 0.1) is 6.10 Å². The van der Waals surface area contributed by atoms with E-state index in [9.17, 15) is 9.90 Å². The molecule has 0 aromatic heterocycles. The van der Waals surface area contributed by atoms with Crippen molar-refractivity contribution in [3.05, 3.63) is 0 Å². The van der Waals surface area contributed by atoms with Crippen molar-refractivity contribution in [2.24, 2.45) is 5.92 Å². The van der Waals surface area contributed by atoms with Gasteiger partial charge in [-0.15, -0.1) is 0 Å². The molecule has 21 heavy (non-hydrogen) atoms. The first-order valence-electron chi connectivity index (χ1n) is 8.23. The third-order valence-corrected chi connectivity index (χ3v) is 4.31. The average Bonchev–Trinajstić information content (AvgIpc) is 2.29. The molecule has 0 saturated heterocycles. The molecule has 1 amide bonds. The second-order valence-electron chi connectivity index (χ2n) is 7.61. The molecule has 0 aromatic rings. The minimum Gasteiger partial charge on any atom is -0.444 e. The predicted molar refractivity (Wildman–Crippen MR) is 82.1 cm³/mol. The maximum absolute atomic E-state index is 11.6. The van der Waals surface area contributed by atoms with E-state index in [4.69, 9.17) is 4.74 Å². The van der Waals surface area contributed by atoms with Crippen molar-refractivity contribution in [1.29, 1.82) is 0 Å². The van der Waals surface area contributed by atoms with Crippen molar-refractivity contribution < 1.29 is 14.6 Å². The summed E-state index contributed by atoms with van der Waals surface area (Å²) in [5.74, 6) is 0.603. The molecule has 0 aromatic carbocycles. The summed E-state index contributed by atoms with van der Waals surface area (Å²) in [6, 6.07) is 0.721. The van der Waals surface area contributed by atoms with Crippen LogP contribution in [0, 0.1) is 5.92 Å². The Bertz CT molecular complexity index is 348. The van der Waals surface area contributed by atoms with Crippen LogP contribution in [0.1, 0.15) is 59.3 Å². The largest absolute Gasteiger partial charge is 0.444 e. The zero-order valence-electron chi connectivity index (χ0n) is 13.5. The number of alkyl carbamates (subject to hydrolysis) is 1. The second kappa shape index (κ2) is 6.97. The van der Waals surface area contributed by atoms with Crippen molar-refractivity contribution in [2.75, 3.05) is 6.54 Å². The number of rotatable bonds is 4. The second-order valence-corrected chi connectivity index (χ2v) is 7.61. The number of aliphatic hydroxyl groups excluding tert-OH is 1. The highest BCUT2D eigenvalue weighted by Crippen LogP contribution is 2.25. The lowest BCUT2D eigenvalue weighted by molar-refractivity contribution is 0.0461. The maximum atomic E-state index is 11.6. The number of ether oxygens (including phenoxy) is 1. The van der Waals surface area contributed by atoms with E-state index >= 15 is 0 Å². The molecule has 0 bridgehead atoms. The van der Waals surface area contributed by atoms with E-state index in [0.717, 1.165) is 38.6 Å². The number of carbonyl (C=O) groups excluding carboxylic acids is 1. The predicted octanol–water partition coefficient (Wildman–Crippen LogP) is 2.18. The van der Waals surface area contributed by atoms with Crippen LogP contribution < -0.4 is 10.6 Å². The van der Waals surface area contributed by atoms with Gasteiger partial charge in [0.25, 0.3) is 0 Å². The van der Waals surface area contributed by atoms with E-state index in [1.54, 1.807) is 0 Å². The Morgan fingerprint density at radius 3 is 2.52 bits per heavy atom. The first-order valence-corrected chi connectivity index (χ1v) is 8.23. The Balaban J connectivity index is 1.56. The van der Waals surface area contributed by atoms with Gasteiger partial charge in [0.15, 0.2) is 0 Å². The Morgan fingerprint density at radius 2 is 1.90 bits per heavy atom. The van der Waals surface area contributed by atoms with Crippen LogP contribution in [0.3, 0.4) is 0 Å². The monoisotopic (exact) mass is 298 g/mol. The highest BCUT2D eigenvalue weighted by atomic mass is 16.6. The highest BCUT2D eigenvalue weighted by molar-refractivity contribution is 5.68. The SMILES string of the molecule is CC(C)(C)OC(=O)NC1CC(NCC2CCCC(O)C2)C1. The number of amides is 1. The van der Waals surface area contributed by atoms with Crippen LogP contribution in [0.2, 0.25) is 0 Å². The number of carbonyl (C=O) groups is 1. The van der Waals surface area contributed by atoms with Gasteiger partial charge in [0.2, 0.25) is 0 Å². The Kier molecular flexibility index (Phi) is 5.49. The summed E-state index contributed by atoms with van der Waals surface area (Å²) >= 11 is 0. The van der Waals surface area contributed by atoms with Gasteiger partial charge in [-0.25, -0.2) is 4.79 Å². The minimum absolute atomic E-state index is 0.103. The zero-order valence-corrected chi connectivity index (χ0v) is 13.5. The standard InChI is InChI=1S/C16H30N2O3/c1-16(2,3)21-15(20)18-13-8-12(9-13)17-10-11-5-4-6-14(19)7-11/h11-14,17,19H,4-10H2,1-3H3,(H,18,20). The Morgan fingerprint density at radius 1 is 1.19 bits per heavy atom. The molecular weight excluding hydrogens is 268 g/mol. The van der Waals surface area contributed by atoms with Crippen molar-refractivity contribution in [1.82, 2.24) is 10.6 Å². The molecule has 2 rings (SSSR count). The van der Waals surface area contributed by atoms with Gasteiger partial charge >= 0.3 is 6.09 Å². The maximum Gasteiger partial charge on any atom is 0.407 e. The van der Waals surface area contributed by atoms with E-state index in [0.29, 0.717) is 12.0 Å². The lowest BCUT2D eigenvalue weighted by Gasteiger charge is -2.38. The van der Waals surface area contributed by atoms with Crippen LogP contribution in [-0.4, -0.2) is 41.5 Å². The quantitative estimate of drug-likeness (QED) is 0.744. The smallest absolute Gasteiger partial charge is 0.407 e. The van der Waals surface area contributed by atoms with Gasteiger partial charge in [-0.2, -0.15) is 0 Å². The number of aliphatic hydroxyl groups is 1. The van der Waals surface area contributed by atoms with E-state index in [1.807, 2.05) is 20.8 Å². The van der Waals surface area contributed by atoms with E-state index in [1.165, 1.54) is 6.42 Å². The summed E-state index contributed by atoms with van der Waals surface area (Å²) < 4.78 is 5.25. The van der Waals surface area contributed by atoms with Crippen molar-refractivity contribution >= 4 is 6.09 Å². The first-order chi connectivity index (χ1) is 9.82. The topological polar surface area (TPSA) is 70.6 Å². The molecule has 0 aliphatic heterocycles. The minimum atomic E-state index is -0.437. The molecule has 122 valence electrons. The molecular formula is C16H30N2O3. The van der Waals surface area contributed by atoms with E-state index in [2.05, 4.69) is 10.6 Å². The number of hydrogen-bond donors (Lipinski definition) is 3. The van der Waals surface area contributed by atoms with Gasteiger partial charge in [-0.05, 0) is 65.3 Å². The molecule has 0 heterocycles. The number of nitrogens with one attached hydrogen (secondary N) is 2.